The van der Waals surface area contributed by atoms with E-state index in [4.69, 9.17) is 9.68 Å². The van der Waals surface area contributed by atoms with Crippen LogP contribution in [0.15, 0.2) is 46.9 Å². The number of nitrogens with zero attached hydrogens (tertiary/aromatic N) is 1. The van der Waals surface area contributed by atoms with Crippen molar-refractivity contribution in [1.29, 1.82) is 5.26 Å². The lowest BCUT2D eigenvalue weighted by Gasteiger charge is -2.08. The van der Waals surface area contributed by atoms with Gasteiger partial charge in [-0.3, -0.25) is 9.59 Å². The van der Waals surface area contributed by atoms with Crippen LogP contribution in [0.25, 0.3) is 6.08 Å². The number of aryl methyl sites for hydroxylation is 2. The summed E-state index contributed by atoms with van der Waals surface area (Å²) in [6.45, 7) is 3.67. The highest BCUT2D eigenvalue weighted by Gasteiger charge is 2.24. The molecule has 0 bridgehead atoms. The van der Waals surface area contributed by atoms with Gasteiger partial charge in [-0.15, -0.1) is 0 Å². The fraction of sp³-hybridized carbons (Fsp3) is 0.167. The Morgan fingerprint density at radius 2 is 2.04 bits per heavy atom. The van der Waals surface area contributed by atoms with Crippen LogP contribution in [0.2, 0.25) is 0 Å². The molecular formula is C18H16N2O3. The van der Waals surface area contributed by atoms with Gasteiger partial charge in [0.15, 0.2) is 11.7 Å². The van der Waals surface area contributed by atoms with Crippen molar-refractivity contribution in [2.45, 2.75) is 13.8 Å². The quantitative estimate of drug-likeness (QED) is 0.679. The SMILES string of the molecule is Cc1cccc(NC(=O)[C@@H](C#N)C(=O)/C=C/c2ccc(C)o2)c1. The van der Waals surface area contributed by atoms with E-state index in [0.717, 1.165) is 5.56 Å². The molecule has 0 aliphatic carbocycles. The number of hydrogen-bond acceptors (Lipinski definition) is 4. The van der Waals surface area contributed by atoms with Crippen LogP contribution >= 0.6 is 0 Å². The predicted molar refractivity (Wildman–Crippen MR) is 86.4 cm³/mol. The van der Waals surface area contributed by atoms with Crippen LogP contribution in [-0.4, -0.2) is 11.7 Å². The first-order valence-electron chi connectivity index (χ1n) is 7.05. The molecule has 0 fully saturated rings. The second-order valence-electron chi connectivity index (χ2n) is 5.10. The van der Waals surface area contributed by atoms with Gasteiger partial charge in [0.25, 0.3) is 0 Å². The molecule has 5 heteroatoms. The Balaban J connectivity index is 2.06. The number of allylic oxidation sites excluding steroid dienone is 1. The number of furan rings is 1. The van der Waals surface area contributed by atoms with Gasteiger partial charge in [-0.1, -0.05) is 12.1 Å². The van der Waals surface area contributed by atoms with Crippen LogP contribution < -0.4 is 5.32 Å². The van der Waals surface area contributed by atoms with Crippen molar-refractivity contribution in [2.75, 3.05) is 5.32 Å². The molecule has 1 aromatic heterocycles. The third kappa shape index (κ3) is 4.42. The molecule has 5 nitrogen and oxygen atoms in total. The molecule has 0 aliphatic heterocycles. The number of rotatable bonds is 5. The Bertz CT molecular complexity index is 797. The van der Waals surface area contributed by atoms with E-state index in [0.29, 0.717) is 17.2 Å². The Labute approximate surface area is 134 Å². The first kappa shape index (κ1) is 16.2. The molecule has 1 amide bonds. The average Bonchev–Trinajstić information content (AvgIpc) is 2.91. The molecule has 1 N–H and O–H groups in total. The van der Waals surface area contributed by atoms with Crippen LogP contribution in [0.4, 0.5) is 5.69 Å². The fourth-order valence-corrected chi connectivity index (χ4v) is 1.99. The van der Waals surface area contributed by atoms with E-state index >= 15 is 0 Å². The van der Waals surface area contributed by atoms with Gasteiger partial charge in [0.1, 0.15) is 11.5 Å². The first-order chi connectivity index (χ1) is 11.0. The van der Waals surface area contributed by atoms with Crippen molar-refractivity contribution < 1.29 is 14.0 Å². The maximum Gasteiger partial charge on any atom is 0.249 e. The number of nitriles is 1. The number of benzene rings is 1. The minimum atomic E-state index is -1.40. The Hall–Kier alpha value is -3.13. The lowest BCUT2D eigenvalue weighted by atomic mass is 10.0. The van der Waals surface area contributed by atoms with Crippen LogP contribution in [0.3, 0.4) is 0 Å². The summed E-state index contributed by atoms with van der Waals surface area (Å²) >= 11 is 0. The van der Waals surface area contributed by atoms with E-state index in [2.05, 4.69) is 5.32 Å². The fourth-order valence-electron chi connectivity index (χ4n) is 1.99. The van der Waals surface area contributed by atoms with Gasteiger partial charge in [-0.05, 0) is 55.8 Å². The van der Waals surface area contributed by atoms with Crippen LogP contribution in [0.1, 0.15) is 17.1 Å². The second kappa shape index (κ2) is 7.23. The summed E-state index contributed by atoms with van der Waals surface area (Å²) in [5.41, 5.74) is 1.52. The summed E-state index contributed by atoms with van der Waals surface area (Å²) in [7, 11) is 0. The van der Waals surface area contributed by atoms with E-state index in [1.165, 1.54) is 12.2 Å². The summed E-state index contributed by atoms with van der Waals surface area (Å²) < 4.78 is 5.29. The molecule has 1 aromatic carbocycles. The van der Waals surface area contributed by atoms with Crippen molar-refractivity contribution >= 4 is 23.5 Å². The Kier molecular flexibility index (Phi) is 5.11. The van der Waals surface area contributed by atoms with Crippen molar-refractivity contribution in [2.24, 2.45) is 5.92 Å². The van der Waals surface area contributed by atoms with E-state index in [-0.39, 0.29) is 0 Å². The largest absolute Gasteiger partial charge is 0.462 e. The molecule has 0 radical (unpaired) electrons. The molecule has 2 rings (SSSR count). The molecule has 0 spiro atoms. The number of amides is 1. The molecule has 23 heavy (non-hydrogen) atoms. The van der Waals surface area contributed by atoms with E-state index in [1.54, 1.807) is 43.3 Å². The Morgan fingerprint density at radius 3 is 2.65 bits per heavy atom. The normalized spacial score (nSPS) is 11.9. The molecule has 0 unspecified atom stereocenters. The van der Waals surface area contributed by atoms with Gasteiger partial charge in [-0.25, -0.2) is 0 Å². The number of nitrogens with one attached hydrogen (secondary N) is 1. The maximum atomic E-state index is 12.1. The molecule has 0 saturated heterocycles. The monoisotopic (exact) mass is 308 g/mol. The highest BCUT2D eigenvalue weighted by Crippen LogP contribution is 2.13. The zero-order chi connectivity index (χ0) is 16.8. The van der Waals surface area contributed by atoms with Crippen molar-refractivity contribution in [3.63, 3.8) is 0 Å². The van der Waals surface area contributed by atoms with Crippen molar-refractivity contribution in [3.05, 3.63) is 59.6 Å². The third-order valence-electron chi connectivity index (χ3n) is 3.13. The topological polar surface area (TPSA) is 83.1 Å². The zero-order valence-corrected chi connectivity index (χ0v) is 12.9. The standard InChI is InChI=1S/C18H16N2O3/c1-12-4-3-5-14(10-12)20-18(22)16(11-19)17(21)9-8-15-7-6-13(2)23-15/h3-10,16H,1-2H3,(H,20,22)/b9-8+/t16-/m0/s1. The number of carbonyl (C=O) groups excluding carboxylic acids is 2. The molecule has 1 atom stereocenters. The van der Waals surface area contributed by atoms with Gasteiger partial charge < -0.3 is 9.73 Å². The van der Waals surface area contributed by atoms with E-state index in [9.17, 15) is 9.59 Å². The molecular weight excluding hydrogens is 292 g/mol. The number of ketones is 1. The maximum absolute atomic E-state index is 12.1. The van der Waals surface area contributed by atoms with Crippen LogP contribution in [-0.2, 0) is 9.59 Å². The summed E-state index contributed by atoms with van der Waals surface area (Å²) in [5, 5.41) is 11.7. The van der Waals surface area contributed by atoms with E-state index in [1.807, 2.05) is 13.0 Å². The van der Waals surface area contributed by atoms with E-state index < -0.39 is 17.6 Å². The number of anilines is 1. The number of hydrogen-bond donors (Lipinski definition) is 1. The summed E-state index contributed by atoms with van der Waals surface area (Å²) in [6, 6.07) is 12.3. The third-order valence-corrected chi connectivity index (χ3v) is 3.13. The molecule has 116 valence electrons. The smallest absolute Gasteiger partial charge is 0.249 e. The second-order valence-corrected chi connectivity index (χ2v) is 5.10. The average molecular weight is 308 g/mol. The highest BCUT2D eigenvalue weighted by molar-refractivity contribution is 6.14. The van der Waals surface area contributed by atoms with Gasteiger partial charge in [0.2, 0.25) is 5.91 Å². The molecule has 0 aliphatic rings. The van der Waals surface area contributed by atoms with Gasteiger partial charge in [0, 0.05) is 5.69 Å². The first-order valence-corrected chi connectivity index (χ1v) is 7.05. The van der Waals surface area contributed by atoms with Crippen molar-refractivity contribution in [3.8, 4) is 6.07 Å². The summed E-state index contributed by atoms with van der Waals surface area (Å²) in [4.78, 5) is 24.1. The minimum absolute atomic E-state index is 0.492. The highest BCUT2D eigenvalue weighted by atomic mass is 16.3. The zero-order valence-electron chi connectivity index (χ0n) is 12.9. The predicted octanol–water partition coefficient (Wildman–Crippen LogP) is 3.26. The van der Waals surface area contributed by atoms with Gasteiger partial charge in [-0.2, -0.15) is 5.26 Å². The Morgan fingerprint density at radius 1 is 1.26 bits per heavy atom. The lowest BCUT2D eigenvalue weighted by Crippen LogP contribution is -2.27. The number of carbonyl (C=O) groups is 2. The minimum Gasteiger partial charge on any atom is -0.462 e. The van der Waals surface area contributed by atoms with Gasteiger partial charge >= 0.3 is 0 Å². The summed E-state index contributed by atoms with van der Waals surface area (Å²) in [5.74, 6) is -1.43. The molecule has 1 heterocycles. The van der Waals surface area contributed by atoms with Crippen LogP contribution in [0.5, 0.6) is 0 Å². The molecule has 2 aromatic rings. The lowest BCUT2D eigenvalue weighted by molar-refractivity contribution is -0.126. The van der Waals surface area contributed by atoms with Gasteiger partial charge in [0.05, 0.1) is 6.07 Å². The summed E-state index contributed by atoms with van der Waals surface area (Å²) in [6.07, 6.45) is 2.63. The molecule has 0 saturated carbocycles. The van der Waals surface area contributed by atoms with Crippen LogP contribution in [0, 0.1) is 31.1 Å². The van der Waals surface area contributed by atoms with Crippen molar-refractivity contribution in [1.82, 2.24) is 0 Å².